The van der Waals surface area contributed by atoms with Crippen LogP contribution >= 0.6 is 0 Å². The average Bonchev–Trinajstić information content (AvgIpc) is 2.29. The van der Waals surface area contributed by atoms with Crippen molar-refractivity contribution < 1.29 is 20.1 Å². The molecule has 19 heavy (non-hydrogen) atoms. The van der Waals surface area contributed by atoms with Crippen molar-refractivity contribution >= 4 is 5.97 Å². The first kappa shape index (κ1) is 14.5. The van der Waals surface area contributed by atoms with Crippen molar-refractivity contribution in [3.63, 3.8) is 0 Å². The number of aliphatic hydroxyl groups excluding tert-OH is 1. The van der Waals surface area contributed by atoms with E-state index in [9.17, 15) is 15.0 Å². The maximum Gasteiger partial charge on any atom is 0.331 e. The zero-order chi connectivity index (χ0) is 14.4. The quantitative estimate of drug-likeness (QED) is 0.669. The minimum atomic E-state index is -1.00. The van der Waals surface area contributed by atoms with Gasteiger partial charge in [-0.3, -0.25) is 0 Å². The van der Waals surface area contributed by atoms with Gasteiger partial charge < -0.3 is 15.3 Å². The van der Waals surface area contributed by atoms with Crippen LogP contribution in [-0.2, 0) is 4.79 Å². The first-order valence-electron chi connectivity index (χ1n) is 7.01. The molecule has 0 aromatic heterocycles. The van der Waals surface area contributed by atoms with Gasteiger partial charge >= 0.3 is 5.97 Å². The molecule has 4 heteroatoms. The van der Waals surface area contributed by atoms with Crippen molar-refractivity contribution in [2.45, 2.75) is 57.7 Å². The Morgan fingerprint density at radius 2 is 1.89 bits per heavy atom. The highest BCUT2D eigenvalue weighted by atomic mass is 16.4. The SMILES string of the molecule is C=C(C(=O)O)[C@H]1C[C@@H]2[C@@](C)(CCC[C@]2(C)O)[C@@H](O)C1. The largest absolute Gasteiger partial charge is 0.478 e. The molecule has 0 aromatic rings. The van der Waals surface area contributed by atoms with Crippen molar-refractivity contribution in [3.05, 3.63) is 12.2 Å². The summed E-state index contributed by atoms with van der Waals surface area (Å²) in [4.78, 5) is 11.1. The van der Waals surface area contributed by atoms with Crippen LogP contribution in [0.15, 0.2) is 12.2 Å². The zero-order valence-corrected chi connectivity index (χ0v) is 11.7. The summed E-state index contributed by atoms with van der Waals surface area (Å²) in [7, 11) is 0. The molecule has 108 valence electrons. The highest BCUT2D eigenvalue weighted by Gasteiger charge is 2.55. The summed E-state index contributed by atoms with van der Waals surface area (Å²) in [6.07, 6.45) is 2.98. The molecule has 5 atom stereocenters. The first-order chi connectivity index (χ1) is 8.68. The second-order valence-electron chi connectivity index (χ2n) is 6.78. The lowest BCUT2D eigenvalue weighted by atomic mass is 9.52. The second kappa shape index (κ2) is 4.60. The van der Waals surface area contributed by atoms with Gasteiger partial charge in [0.05, 0.1) is 11.7 Å². The Kier molecular flexibility index (Phi) is 3.52. The van der Waals surface area contributed by atoms with Gasteiger partial charge in [0.15, 0.2) is 0 Å². The highest BCUT2D eigenvalue weighted by molar-refractivity contribution is 5.86. The van der Waals surface area contributed by atoms with E-state index in [1.807, 2.05) is 13.8 Å². The summed E-state index contributed by atoms with van der Waals surface area (Å²) in [6.45, 7) is 7.46. The molecule has 2 fully saturated rings. The van der Waals surface area contributed by atoms with Gasteiger partial charge in [-0.25, -0.2) is 4.79 Å². The van der Waals surface area contributed by atoms with Crippen LogP contribution in [-0.4, -0.2) is 33.0 Å². The van der Waals surface area contributed by atoms with Crippen LogP contribution < -0.4 is 0 Å². The van der Waals surface area contributed by atoms with Crippen LogP contribution in [0.4, 0.5) is 0 Å². The van der Waals surface area contributed by atoms with Gasteiger partial charge in [0.2, 0.25) is 0 Å². The summed E-state index contributed by atoms with van der Waals surface area (Å²) < 4.78 is 0. The molecular formula is C15H24O4. The van der Waals surface area contributed by atoms with Crippen molar-refractivity contribution in [2.75, 3.05) is 0 Å². The van der Waals surface area contributed by atoms with Gasteiger partial charge in [0, 0.05) is 5.57 Å². The maximum atomic E-state index is 11.1. The molecule has 2 aliphatic rings. The number of carboxylic acid groups (broad SMARTS) is 1. The Bertz CT molecular complexity index is 401. The molecule has 0 radical (unpaired) electrons. The molecule has 4 nitrogen and oxygen atoms in total. The summed E-state index contributed by atoms with van der Waals surface area (Å²) in [5.41, 5.74) is -0.981. The maximum absolute atomic E-state index is 11.1. The highest BCUT2D eigenvalue weighted by Crippen LogP contribution is 2.56. The molecule has 2 aliphatic carbocycles. The van der Waals surface area contributed by atoms with E-state index in [1.165, 1.54) is 0 Å². The predicted molar refractivity (Wildman–Crippen MR) is 71.6 cm³/mol. The third kappa shape index (κ3) is 2.32. The minimum Gasteiger partial charge on any atom is -0.478 e. The molecule has 0 saturated heterocycles. The average molecular weight is 268 g/mol. The van der Waals surface area contributed by atoms with Crippen molar-refractivity contribution in [1.29, 1.82) is 0 Å². The van der Waals surface area contributed by atoms with E-state index >= 15 is 0 Å². The fraction of sp³-hybridized carbons (Fsp3) is 0.800. The Labute approximate surface area is 114 Å². The standard InChI is InChI=1S/C15H24O4/c1-9(13(17)18)10-7-11-14(2,12(16)8-10)5-4-6-15(11,3)19/h10-12,16,19H,1,4-8H2,2-3H3,(H,17,18)/t10-,11+,12-,14+,15-/m0/s1. The summed E-state index contributed by atoms with van der Waals surface area (Å²) >= 11 is 0. The molecule has 0 amide bonds. The smallest absolute Gasteiger partial charge is 0.331 e. The van der Waals surface area contributed by atoms with E-state index in [2.05, 4.69) is 6.58 Å². The number of rotatable bonds is 2. The topological polar surface area (TPSA) is 77.8 Å². The number of hydrogen-bond acceptors (Lipinski definition) is 3. The van der Waals surface area contributed by atoms with Gasteiger partial charge in [0.25, 0.3) is 0 Å². The van der Waals surface area contributed by atoms with Crippen molar-refractivity contribution in [3.8, 4) is 0 Å². The van der Waals surface area contributed by atoms with Crippen LogP contribution in [0.5, 0.6) is 0 Å². The second-order valence-corrected chi connectivity index (χ2v) is 6.78. The molecule has 0 spiro atoms. The number of fused-ring (bicyclic) bond motifs is 1. The summed E-state index contributed by atoms with van der Waals surface area (Å²) in [5.74, 6) is -1.31. The third-order valence-electron chi connectivity index (χ3n) is 5.50. The van der Waals surface area contributed by atoms with Gasteiger partial charge in [0.1, 0.15) is 0 Å². The van der Waals surface area contributed by atoms with E-state index in [0.717, 1.165) is 12.8 Å². The van der Waals surface area contributed by atoms with E-state index in [-0.39, 0.29) is 22.8 Å². The number of carbonyl (C=O) groups is 1. The zero-order valence-electron chi connectivity index (χ0n) is 11.7. The number of carboxylic acids is 1. The Balaban J connectivity index is 2.28. The first-order valence-corrected chi connectivity index (χ1v) is 7.01. The van der Waals surface area contributed by atoms with E-state index in [4.69, 9.17) is 5.11 Å². The van der Waals surface area contributed by atoms with Gasteiger partial charge in [-0.15, -0.1) is 0 Å². The number of hydrogen-bond donors (Lipinski definition) is 3. The molecule has 0 aliphatic heterocycles. The molecule has 0 heterocycles. The number of aliphatic hydroxyl groups is 2. The van der Waals surface area contributed by atoms with Crippen LogP contribution in [0.3, 0.4) is 0 Å². The molecule has 2 saturated carbocycles. The number of aliphatic carboxylic acids is 1. The molecular weight excluding hydrogens is 244 g/mol. The Morgan fingerprint density at radius 3 is 2.47 bits per heavy atom. The molecule has 0 unspecified atom stereocenters. The van der Waals surface area contributed by atoms with Crippen molar-refractivity contribution in [2.24, 2.45) is 17.3 Å². The van der Waals surface area contributed by atoms with E-state index < -0.39 is 17.7 Å². The van der Waals surface area contributed by atoms with Crippen molar-refractivity contribution in [1.82, 2.24) is 0 Å². The van der Waals surface area contributed by atoms with Gasteiger partial charge in [-0.1, -0.05) is 13.5 Å². The predicted octanol–water partition coefficient (Wildman–Crippen LogP) is 1.96. The lowest BCUT2D eigenvalue weighted by Crippen LogP contribution is -2.57. The van der Waals surface area contributed by atoms with Crippen LogP contribution in [0.2, 0.25) is 0 Å². The molecule has 0 bridgehead atoms. The van der Waals surface area contributed by atoms with E-state index in [1.54, 1.807) is 0 Å². The summed E-state index contributed by atoms with van der Waals surface area (Å²) in [5, 5.41) is 30.1. The molecule has 2 rings (SSSR count). The normalized spacial score (nSPS) is 46.4. The Morgan fingerprint density at radius 1 is 1.26 bits per heavy atom. The molecule has 0 aromatic carbocycles. The third-order valence-corrected chi connectivity index (χ3v) is 5.50. The Hall–Kier alpha value is -0.870. The van der Waals surface area contributed by atoms with Crippen LogP contribution in [0.25, 0.3) is 0 Å². The molecule has 3 N–H and O–H groups in total. The van der Waals surface area contributed by atoms with Gasteiger partial charge in [-0.2, -0.15) is 0 Å². The minimum absolute atomic E-state index is 0.0707. The lowest BCUT2D eigenvalue weighted by molar-refractivity contribution is -0.168. The fourth-order valence-corrected chi connectivity index (χ4v) is 4.19. The van der Waals surface area contributed by atoms with Crippen LogP contribution in [0.1, 0.15) is 46.0 Å². The monoisotopic (exact) mass is 268 g/mol. The van der Waals surface area contributed by atoms with Gasteiger partial charge in [-0.05, 0) is 56.3 Å². The fourth-order valence-electron chi connectivity index (χ4n) is 4.19. The summed E-state index contributed by atoms with van der Waals surface area (Å²) in [6, 6.07) is 0. The lowest BCUT2D eigenvalue weighted by Gasteiger charge is -2.56. The van der Waals surface area contributed by atoms with E-state index in [0.29, 0.717) is 19.3 Å². The van der Waals surface area contributed by atoms with Crippen LogP contribution in [0, 0.1) is 17.3 Å².